The van der Waals surface area contributed by atoms with Crippen LogP contribution in [0.3, 0.4) is 0 Å². The van der Waals surface area contributed by atoms with E-state index in [2.05, 4.69) is 51.7 Å². The Kier molecular flexibility index (Phi) is 11.1. The molecule has 0 aliphatic heterocycles. The molecular formula is C27H27BN6O3. The largest absolute Gasteiger partial charge is 0.907 e. The summed E-state index contributed by atoms with van der Waals surface area (Å²) in [5.74, 6) is 0. The molecule has 10 heteroatoms. The van der Waals surface area contributed by atoms with Crippen molar-refractivity contribution < 1.29 is 29.1 Å². The van der Waals surface area contributed by atoms with Gasteiger partial charge in [0.1, 0.15) is 0 Å². The zero-order chi connectivity index (χ0) is 26.1. The predicted molar refractivity (Wildman–Crippen MR) is 133 cm³/mol. The Labute approximate surface area is 215 Å². The highest BCUT2D eigenvalue weighted by atomic mass is 16.5. The van der Waals surface area contributed by atoms with E-state index in [0.29, 0.717) is 0 Å². The second-order valence-electron chi connectivity index (χ2n) is 7.32. The van der Waals surface area contributed by atoms with Crippen molar-refractivity contribution in [1.82, 2.24) is 15.3 Å². The van der Waals surface area contributed by atoms with Crippen LogP contribution in [-0.4, -0.2) is 22.6 Å². The lowest BCUT2D eigenvalue weighted by molar-refractivity contribution is -0.655. The third-order valence-electron chi connectivity index (χ3n) is 4.74. The zero-order valence-electron chi connectivity index (χ0n) is 20.0. The van der Waals surface area contributed by atoms with Crippen molar-refractivity contribution in [2.45, 2.75) is 0 Å². The topological polar surface area (TPSA) is 128 Å². The Bertz CT molecular complexity index is 1160. The molecule has 3 N–H and O–H groups in total. The molecule has 0 saturated carbocycles. The van der Waals surface area contributed by atoms with Crippen LogP contribution in [0.2, 0.25) is 0 Å². The van der Waals surface area contributed by atoms with Crippen LogP contribution in [0.25, 0.3) is 17.1 Å². The van der Waals surface area contributed by atoms with Crippen molar-refractivity contribution in [1.29, 1.82) is 0 Å². The SMILES string of the molecule is [O-]B([O-])[O-].c1ccc(-[n+]2ccc[nH]2)cc1.c1ccc(-[n+]2ccc[nH]2)cc1.c1ccc(-[n+]2ccc[nH]2)cc1. The van der Waals surface area contributed by atoms with Crippen LogP contribution >= 0.6 is 0 Å². The molecule has 3 aromatic carbocycles. The quantitative estimate of drug-likeness (QED) is 0.235. The van der Waals surface area contributed by atoms with Gasteiger partial charge < -0.3 is 15.1 Å². The van der Waals surface area contributed by atoms with Gasteiger partial charge in [-0.2, -0.15) is 15.3 Å². The number of hydrogen-bond donors (Lipinski definition) is 3. The first kappa shape index (κ1) is 26.8. The van der Waals surface area contributed by atoms with E-state index in [0.717, 1.165) is 17.1 Å². The minimum Gasteiger partial charge on any atom is -0.907 e. The first-order valence-corrected chi connectivity index (χ1v) is 11.4. The molecule has 0 atom stereocenters. The van der Waals surface area contributed by atoms with Crippen molar-refractivity contribution in [3.8, 4) is 17.1 Å². The Balaban J connectivity index is 0.000000144. The maximum atomic E-state index is 8.42. The average Bonchev–Trinajstić information content (AvgIpc) is 3.74. The van der Waals surface area contributed by atoms with Gasteiger partial charge in [0, 0.05) is 54.6 Å². The molecule has 0 amide bonds. The minimum atomic E-state index is -2.92. The molecule has 0 fully saturated rings. The number of para-hydroxylation sites is 3. The van der Waals surface area contributed by atoms with E-state index in [1.807, 2.05) is 124 Å². The summed E-state index contributed by atoms with van der Waals surface area (Å²) in [5.41, 5.74) is 3.45. The predicted octanol–water partition coefficient (Wildman–Crippen LogP) is -0.0736. The molecule has 9 nitrogen and oxygen atoms in total. The average molecular weight is 494 g/mol. The number of hydrogen-bond acceptors (Lipinski definition) is 3. The highest BCUT2D eigenvalue weighted by molar-refractivity contribution is 6.24. The highest BCUT2D eigenvalue weighted by Crippen LogP contribution is 1.96. The maximum absolute atomic E-state index is 8.42. The number of aromatic nitrogens is 6. The molecule has 0 bridgehead atoms. The molecule has 3 heterocycles. The van der Waals surface area contributed by atoms with Gasteiger partial charge in [-0.15, -0.1) is 0 Å². The van der Waals surface area contributed by atoms with Gasteiger partial charge in [-0.05, 0) is 0 Å². The molecule has 186 valence electrons. The number of rotatable bonds is 3. The minimum absolute atomic E-state index is 1.15. The molecule has 6 aromatic rings. The van der Waals surface area contributed by atoms with Crippen molar-refractivity contribution >= 4 is 7.32 Å². The fourth-order valence-electron chi connectivity index (χ4n) is 3.13. The van der Waals surface area contributed by atoms with Crippen LogP contribution < -0.4 is 29.1 Å². The second kappa shape index (κ2) is 15.3. The first-order valence-electron chi connectivity index (χ1n) is 11.4. The molecule has 0 radical (unpaired) electrons. The van der Waals surface area contributed by atoms with Crippen molar-refractivity contribution in [2.75, 3.05) is 0 Å². The summed E-state index contributed by atoms with van der Waals surface area (Å²) in [5, 5.41) is 34.5. The van der Waals surface area contributed by atoms with Gasteiger partial charge in [-0.1, -0.05) is 68.6 Å². The molecule has 0 unspecified atom stereocenters. The summed E-state index contributed by atoms with van der Waals surface area (Å²) >= 11 is 0. The number of aromatic amines is 3. The van der Waals surface area contributed by atoms with E-state index in [4.69, 9.17) is 15.1 Å². The van der Waals surface area contributed by atoms with E-state index in [1.165, 1.54) is 0 Å². The van der Waals surface area contributed by atoms with E-state index in [9.17, 15) is 0 Å². The van der Waals surface area contributed by atoms with Gasteiger partial charge in [0.2, 0.25) is 35.7 Å². The molecular weight excluding hydrogens is 467 g/mol. The van der Waals surface area contributed by atoms with Gasteiger partial charge in [-0.3, -0.25) is 7.32 Å². The fourth-order valence-corrected chi connectivity index (χ4v) is 3.13. The molecule has 0 saturated heterocycles. The summed E-state index contributed by atoms with van der Waals surface area (Å²) in [6.45, 7) is 0. The first-order chi connectivity index (χ1) is 18.1. The Morgan fingerprint density at radius 3 is 0.838 bits per heavy atom. The van der Waals surface area contributed by atoms with E-state index >= 15 is 0 Å². The molecule has 6 rings (SSSR count). The summed E-state index contributed by atoms with van der Waals surface area (Å²) in [7, 11) is -2.92. The lowest BCUT2D eigenvalue weighted by atomic mass is 10.3. The lowest BCUT2D eigenvalue weighted by Gasteiger charge is -2.35. The van der Waals surface area contributed by atoms with Gasteiger partial charge in [0.25, 0.3) is 0 Å². The standard InChI is InChI=1S/3C9H8N2.BO3/c3*1-2-5-9(6-3-1)11-8-4-7-10-11;2-1(3)4/h3*1-8H;/q;;;-3/p+3. The smallest absolute Gasteiger partial charge is 0.235 e. The number of H-pyrrole nitrogens is 3. The summed E-state index contributed by atoms with van der Waals surface area (Å²) < 4.78 is 5.88. The van der Waals surface area contributed by atoms with Gasteiger partial charge in [0.05, 0.1) is 18.6 Å². The van der Waals surface area contributed by atoms with Crippen LogP contribution in [0.15, 0.2) is 146 Å². The van der Waals surface area contributed by atoms with Crippen LogP contribution in [0.5, 0.6) is 0 Å². The molecule has 37 heavy (non-hydrogen) atoms. The zero-order valence-corrected chi connectivity index (χ0v) is 20.0. The maximum Gasteiger partial charge on any atom is 0.235 e. The number of nitrogens with zero attached hydrogens (tertiary/aromatic N) is 3. The normalized spacial score (nSPS) is 9.49. The Hall–Kier alpha value is -4.77. The third kappa shape index (κ3) is 9.78. The third-order valence-corrected chi connectivity index (χ3v) is 4.74. The van der Waals surface area contributed by atoms with E-state index in [-0.39, 0.29) is 0 Å². The Morgan fingerprint density at radius 2 is 0.649 bits per heavy atom. The highest BCUT2D eigenvalue weighted by Gasteiger charge is 2.03. The second-order valence-corrected chi connectivity index (χ2v) is 7.32. The van der Waals surface area contributed by atoms with Crippen molar-refractivity contribution in [3.05, 3.63) is 146 Å². The van der Waals surface area contributed by atoms with Gasteiger partial charge >= 0.3 is 0 Å². The number of nitrogens with one attached hydrogen (secondary N) is 3. The van der Waals surface area contributed by atoms with Crippen LogP contribution in [0, 0.1) is 0 Å². The monoisotopic (exact) mass is 494 g/mol. The molecule has 0 aliphatic carbocycles. The van der Waals surface area contributed by atoms with Crippen LogP contribution in [0.4, 0.5) is 0 Å². The van der Waals surface area contributed by atoms with Gasteiger partial charge in [0.15, 0.2) is 0 Å². The molecule has 0 spiro atoms. The van der Waals surface area contributed by atoms with Crippen molar-refractivity contribution in [2.24, 2.45) is 0 Å². The number of benzene rings is 3. The van der Waals surface area contributed by atoms with E-state index in [1.54, 1.807) is 0 Å². The van der Waals surface area contributed by atoms with E-state index < -0.39 is 7.32 Å². The summed E-state index contributed by atoms with van der Waals surface area (Å²) in [6.07, 6.45) is 11.6. The van der Waals surface area contributed by atoms with Gasteiger partial charge in [-0.25, -0.2) is 0 Å². The van der Waals surface area contributed by atoms with Crippen LogP contribution in [0.1, 0.15) is 0 Å². The van der Waals surface area contributed by atoms with Crippen LogP contribution in [-0.2, 0) is 0 Å². The molecule has 3 aromatic heterocycles. The van der Waals surface area contributed by atoms with Crippen molar-refractivity contribution in [3.63, 3.8) is 0 Å². The summed E-state index contributed by atoms with van der Waals surface area (Å²) in [6, 6.07) is 36.3. The lowest BCUT2D eigenvalue weighted by Crippen LogP contribution is -2.56. The summed E-state index contributed by atoms with van der Waals surface area (Å²) in [4.78, 5) is 0. The Morgan fingerprint density at radius 1 is 0.405 bits per heavy atom. The molecule has 0 aliphatic rings. The fraction of sp³-hybridized carbons (Fsp3) is 0.